The summed E-state index contributed by atoms with van der Waals surface area (Å²) in [5, 5.41) is 0. The fourth-order valence-electron chi connectivity index (χ4n) is 0.420. The van der Waals surface area contributed by atoms with Crippen LogP contribution in [0.1, 0.15) is 6.92 Å². The van der Waals surface area contributed by atoms with Crippen molar-refractivity contribution in [2.24, 2.45) is 11.5 Å². The lowest BCUT2D eigenvalue weighted by Gasteiger charge is -2.11. The van der Waals surface area contributed by atoms with Crippen molar-refractivity contribution in [1.29, 1.82) is 0 Å². The maximum atomic E-state index is 10.2. The molecule has 4 amide bonds. The van der Waals surface area contributed by atoms with Gasteiger partial charge in [0.05, 0.1) is 0 Å². The van der Waals surface area contributed by atoms with Gasteiger partial charge in [-0.2, -0.15) is 0 Å². The van der Waals surface area contributed by atoms with Gasteiger partial charge in [0.1, 0.15) is 0 Å². The highest BCUT2D eigenvalue weighted by Gasteiger charge is 2.11. The zero-order chi connectivity index (χ0) is 11.0. The Hall–Kier alpha value is -1.00. The summed E-state index contributed by atoms with van der Waals surface area (Å²) in [6.07, 6.45) is -0.667. The number of hydrogen-bond donors (Lipinski definition) is 2. The van der Waals surface area contributed by atoms with E-state index in [2.05, 4.69) is 23.2 Å². The number of imide groups is 1. The molecular formula is C4H9B4N3O2. The molecule has 13 heavy (non-hydrogen) atoms. The number of primary amides is 2. The summed E-state index contributed by atoms with van der Waals surface area (Å²) in [6.45, 7) is 1.82. The summed E-state index contributed by atoms with van der Waals surface area (Å²) < 4.78 is 0. The standard InChI is InChI=1S/C4H9N3O2.B4/c1-2-7(3(5)8)4(6)9;1-4(2)3/h2H2,1H3,(H2,5,8)(H2,6,9);. The third-order valence-corrected chi connectivity index (χ3v) is 0.848. The van der Waals surface area contributed by atoms with Crippen LogP contribution in [0.4, 0.5) is 9.59 Å². The Morgan fingerprint density at radius 2 is 1.46 bits per heavy atom. The Balaban J connectivity index is 0. The summed E-state index contributed by atoms with van der Waals surface area (Å²) in [4.78, 5) is 21.2. The Morgan fingerprint density at radius 1 is 1.23 bits per heavy atom. The molecule has 0 aliphatic carbocycles. The van der Waals surface area contributed by atoms with E-state index in [0.29, 0.717) is 0 Å². The molecule has 0 heterocycles. The Kier molecular flexibility index (Phi) is 8.53. The maximum absolute atomic E-state index is 10.2. The van der Waals surface area contributed by atoms with Crippen LogP contribution < -0.4 is 11.5 Å². The predicted molar refractivity (Wildman–Crippen MR) is 54.6 cm³/mol. The minimum atomic E-state index is -0.815. The first-order chi connectivity index (χ1) is 5.82. The van der Waals surface area contributed by atoms with Crippen molar-refractivity contribution >= 4 is 41.7 Å². The molecule has 0 aliphatic rings. The lowest BCUT2D eigenvalue weighted by atomic mass is 9.08. The van der Waals surface area contributed by atoms with Crippen LogP contribution in [0, 0.1) is 0 Å². The second-order valence-electron chi connectivity index (χ2n) is 2.00. The minimum absolute atomic E-state index is 0.213. The van der Waals surface area contributed by atoms with Gasteiger partial charge in [-0.3, -0.25) is 0 Å². The largest absolute Gasteiger partial charge is 0.351 e. The van der Waals surface area contributed by atoms with Crippen LogP contribution in [0.25, 0.3) is 0 Å². The van der Waals surface area contributed by atoms with Gasteiger partial charge >= 0.3 is 12.1 Å². The van der Waals surface area contributed by atoms with Crippen molar-refractivity contribution in [2.75, 3.05) is 6.54 Å². The first kappa shape index (κ1) is 14.5. The molecule has 5 nitrogen and oxygen atoms in total. The van der Waals surface area contributed by atoms with Gasteiger partial charge in [-0.15, -0.1) is 0 Å². The molecule has 0 aromatic heterocycles. The number of carbonyl (C=O) groups excluding carboxylic acids is 2. The van der Waals surface area contributed by atoms with Crippen molar-refractivity contribution in [3.05, 3.63) is 0 Å². The van der Waals surface area contributed by atoms with Crippen LogP contribution in [0.2, 0.25) is 0 Å². The van der Waals surface area contributed by atoms with Crippen LogP contribution in [0.15, 0.2) is 0 Å². The molecule has 0 aliphatic heterocycles. The monoisotopic (exact) mass is 175 g/mol. The zero-order valence-corrected chi connectivity index (χ0v) is 7.43. The van der Waals surface area contributed by atoms with Gasteiger partial charge in [0, 0.05) is 36.1 Å². The lowest BCUT2D eigenvalue weighted by molar-refractivity contribution is 0.199. The molecule has 0 saturated carbocycles. The SMILES string of the molecule is CCN(C(N)=O)C(N)=O.[B]B([B])[B]. The number of urea groups is 2. The molecule has 0 aromatic rings. The lowest BCUT2D eigenvalue weighted by Crippen LogP contribution is -2.43. The summed E-state index contributed by atoms with van der Waals surface area (Å²) in [6, 6.07) is -1.63. The van der Waals surface area contributed by atoms with E-state index < -0.39 is 18.4 Å². The topological polar surface area (TPSA) is 89.4 Å². The molecule has 64 valence electrons. The molecule has 0 spiro atoms. The highest BCUT2D eigenvalue weighted by molar-refractivity contribution is 7.49. The van der Waals surface area contributed by atoms with Gasteiger partial charge in [-0.05, 0) is 6.92 Å². The normalized spacial score (nSPS) is 7.77. The summed E-state index contributed by atoms with van der Waals surface area (Å²) in [7, 11) is 14.0. The van der Waals surface area contributed by atoms with E-state index in [4.69, 9.17) is 11.5 Å². The second-order valence-corrected chi connectivity index (χ2v) is 2.00. The smallest absolute Gasteiger partial charge is 0.322 e. The molecule has 0 rings (SSSR count). The van der Waals surface area contributed by atoms with Crippen LogP contribution in [-0.4, -0.2) is 53.1 Å². The van der Waals surface area contributed by atoms with Gasteiger partial charge in [0.25, 0.3) is 0 Å². The van der Waals surface area contributed by atoms with Gasteiger partial charge in [0.2, 0.25) is 0 Å². The number of nitrogens with zero attached hydrogens (tertiary/aromatic N) is 1. The molecule has 0 saturated heterocycles. The van der Waals surface area contributed by atoms with Gasteiger partial charge in [0.15, 0.2) is 0 Å². The molecular weight excluding hydrogens is 165 g/mol. The quantitative estimate of drug-likeness (QED) is 0.448. The van der Waals surface area contributed by atoms with E-state index >= 15 is 0 Å². The fraction of sp³-hybridized carbons (Fsp3) is 0.500. The molecule has 0 unspecified atom stereocenters. The van der Waals surface area contributed by atoms with Crippen molar-refractivity contribution < 1.29 is 9.59 Å². The van der Waals surface area contributed by atoms with Crippen molar-refractivity contribution in [3.63, 3.8) is 0 Å². The fourth-order valence-corrected chi connectivity index (χ4v) is 0.420. The minimum Gasteiger partial charge on any atom is -0.351 e. The van der Waals surface area contributed by atoms with Gasteiger partial charge < -0.3 is 11.5 Å². The van der Waals surface area contributed by atoms with Crippen molar-refractivity contribution in [1.82, 2.24) is 4.90 Å². The van der Waals surface area contributed by atoms with Gasteiger partial charge in [-0.1, -0.05) is 0 Å². The number of amides is 4. The molecule has 9 heteroatoms. The number of rotatable bonds is 1. The Labute approximate surface area is 81.8 Å². The Bertz CT molecular complexity index is 160. The van der Waals surface area contributed by atoms with Gasteiger partial charge in [-0.25, -0.2) is 14.5 Å². The summed E-state index contributed by atoms with van der Waals surface area (Å²) in [5.41, 5.74) is 9.47. The average Bonchev–Trinajstić information content (AvgIpc) is 1.84. The number of hydrogen-bond acceptors (Lipinski definition) is 2. The first-order valence-electron chi connectivity index (χ1n) is 3.46. The first-order valence-corrected chi connectivity index (χ1v) is 3.46. The molecule has 6 radical (unpaired) electrons. The van der Waals surface area contributed by atoms with E-state index in [0.717, 1.165) is 4.90 Å². The molecule has 0 aromatic carbocycles. The molecule has 0 bridgehead atoms. The second kappa shape index (κ2) is 7.64. The highest BCUT2D eigenvalue weighted by atomic mass is 16.2. The third kappa shape index (κ3) is 11.0. The van der Waals surface area contributed by atoms with Crippen LogP contribution >= 0.6 is 0 Å². The number of nitrogens with two attached hydrogens (primary N) is 2. The molecule has 4 N–H and O–H groups in total. The van der Waals surface area contributed by atoms with E-state index in [1.165, 1.54) is 0 Å². The average molecular weight is 174 g/mol. The van der Waals surface area contributed by atoms with Crippen molar-refractivity contribution in [2.45, 2.75) is 6.92 Å². The van der Waals surface area contributed by atoms with Crippen LogP contribution in [0.3, 0.4) is 0 Å². The maximum Gasteiger partial charge on any atom is 0.322 e. The zero-order valence-electron chi connectivity index (χ0n) is 7.43. The van der Waals surface area contributed by atoms with Crippen LogP contribution in [-0.2, 0) is 0 Å². The van der Waals surface area contributed by atoms with Crippen LogP contribution in [0.5, 0.6) is 0 Å². The van der Waals surface area contributed by atoms with E-state index in [-0.39, 0.29) is 6.54 Å². The highest BCUT2D eigenvalue weighted by Crippen LogP contribution is 1.83. The van der Waals surface area contributed by atoms with Crippen molar-refractivity contribution in [3.8, 4) is 0 Å². The molecule has 0 atom stereocenters. The molecule has 0 fully saturated rings. The Morgan fingerprint density at radius 3 is 1.46 bits per heavy atom. The van der Waals surface area contributed by atoms with E-state index in [1.54, 1.807) is 6.92 Å². The van der Waals surface area contributed by atoms with E-state index in [9.17, 15) is 9.59 Å². The third-order valence-electron chi connectivity index (χ3n) is 0.848. The van der Waals surface area contributed by atoms with E-state index in [1.807, 2.05) is 0 Å². The number of carbonyl (C=O) groups is 2. The summed E-state index contributed by atoms with van der Waals surface area (Å²) in [5.74, 6) is 0. The predicted octanol–water partition coefficient (Wildman–Crippen LogP) is -2.06. The summed E-state index contributed by atoms with van der Waals surface area (Å²) >= 11 is 0.